The van der Waals surface area contributed by atoms with Gasteiger partial charge in [-0.05, 0) is 0 Å². The zero-order chi connectivity index (χ0) is 11.5. The molecule has 0 spiro atoms. The molecule has 0 aromatic carbocycles. The topological polar surface area (TPSA) is 71.1 Å². The first kappa shape index (κ1) is 11.4. The van der Waals surface area contributed by atoms with Crippen molar-refractivity contribution >= 4 is 12.3 Å². The van der Waals surface area contributed by atoms with Crippen molar-refractivity contribution in [3.63, 3.8) is 0 Å². The van der Waals surface area contributed by atoms with Gasteiger partial charge in [-0.1, -0.05) is 6.08 Å². The lowest BCUT2D eigenvalue weighted by Gasteiger charge is -2.16. The highest BCUT2D eigenvalue weighted by Gasteiger charge is 2.61. The van der Waals surface area contributed by atoms with Crippen molar-refractivity contribution in [2.75, 3.05) is 14.2 Å². The molecular formula is C9H12O6. The molecule has 1 fully saturated rings. The van der Waals surface area contributed by atoms with Crippen LogP contribution in [0.4, 0.5) is 9.59 Å². The van der Waals surface area contributed by atoms with Gasteiger partial charge in [-0.15, -0.1) is 6.58 Å². The van der Waals surface area contributed by atoms with E-state index in [-0.39, 0.29) is 5.92 Å². The molecule has 0 radical (unpaired) electrons. The van der Waals surface area contributed by atoms with Crippen LogP contribution in [0.1, 0.15) is 6.42 Å². The largest absolute Gasteiger partial charge is 0.511 e. The Labute approximate surface area is 86.7 Å². The van der Waals surface area contributed by atoms with Gasteiger partial charge in [0.25, 0.3) is 5.79 Å². The monoisotopic (exact) mass is 216 g/mol. The van der Waals surface area contributed by atoms with E-state index in [1.807, 2.05) is 0 Å². The lowest BCUT2D eigenvalue weighted by atomic mass is 10.4. The van der Waals surface area contributed by atoms with Gasteiger partial charge in [0.15, 0.2) is 0 Å². The summed E-state index contributed by atoms with van der Waals surface area (Å²) in [6.45, 7) is 3.52. The Morgan fingerprint density at radius 3 is 2.00 bits per heavy atom. The average Bonchev–Trinajstić information content (AvgIpc) is 2.90. The van der Waals surface area contributed by atoms with Crippen LogP contribution in [0, 0.1) is 5.92 Å². The molecule has 0 aromatic heterocycles. The third kappa shape index (κ3) is 2.39. The van der Waals surface area contributed by atoms with Gasteiger partial charge in [-0.25, -0.2) is 9.59 Å². The number of hydrogen-bond donors (Lipinski definition) is 0. The molecule has 1 aliphatic carbocycles. The van der Waals surface area contributed by atoms with Gasteiger partial charge in [0.1, 0.15) is 0 Å². The molecule has 0 heterocycles. The van der Waals surface area contributed by atoms with Crippen molar-refractivity contribution in [1.82, 2.24) is 0 Å². The van der Waals surface area contributed by atoms with Crippen LogP contribution >= 0.6 is 0 Å². The lowest BCUT2D eigenvalue weighted by molar-refractivity contribution is -0.125. The minimum atomic E-state index is -1.30. The fraction of sp³-hybridized carbons (Fsp3) is 0.556. The average molecular weight is 216 g/mol. The quantitative estimate of drug-likeness (QED) is 0.404. The molecule has 0 amide bonds. The number of methoxy groups -OCH3 is 2. The van der Waals surface area contributed by atoms with Crippen LogP contribution in [0.25, 0.3) is 0 Å². The summed E-state index contributed by atoms with van der Waals surface area (Å²) in [6, 6.07) is 0. The van der Waals surface area contributed by atoms with E-state index in [4.69, 9.17) is 9.47 Å². The highest BCUT2D eigenvalue weighted by molar-refractivity contribution is 5.63. The lowest BCUT2D eigenvalue weighted by Crippen LogP contribution is -2.28. The van der Waals surface area contributed by atoms with Gasteiger partial charge in [-0.2, -0.15) is 0 Å². The molecule has 0 bridgehead atoms. The van der Waals surface area contributed by atoms with Crippen LogP contribution in [0.3, 0.4) is 0 Å². The zero-order valence-electron chi connectivity index (χ0n) is 8.52. The number of hydrogen-bond acceptors (Lipinski definition) is 6. The van der Waals surface area contributed by atoms with Crippen LogP contribution in [0.15, 0.2) is 12.7 Å². The molecule has 1 unspecified atom stereocenters. The van der Waals surface area contributed by atoms with E-state index in [0.717, 1.165) is 0 Å². The second-order valence-electron chi connectivity index (χ2n) is 2.97. The molecule has 6 heteroatoms. The van der Waals surface area contributed by atoms with E-state index in [1.165, 1.54) is 20.3 Å². The summed E-state index contributed by atoms with van der Waals surface area (Å²) in [7, 11) is 2.33. The first-order valence-electron chi connectivity index (χ1n) is 4.24. The van der Waals surface area contributed by atoms with Crippen molar-refractivity contribution in [3.05, 3.63) is 12.7 Å². The van der Waals surface area contributed by atoms with Crippen LogP contribution in [0.5, 0.6) is 0 Å². The molecule has 0 saturated heterocycles. The fourth-order valence-electron chi connectivity index (χ4n) is 1.13. The number of ether oxygens (including phenoxy) is 4. The Morgan fingerprint density at radius 2 is 1.73 bits per heavy atom. The van der Waals surface area contributed by atoms with E-state index in [2.05, 4.69) is 16.1 Å². The third-order valence-corrected chi connectivity index (χ3v) is 2.04. The Kier molecular flexibility index (Phi) is 3.18. The van der Waals surface area contributed by atoms with Crippen molar-refractivity contribution in [3.8, 4) is 0 Å². The number of rotatable bonds is 3. The first-order chi connectivity index (χ1) is 7.07. The first-order valence-corrected chi connectivity index (χ1v) is 4.24. The number of carbonyl (C=O) groups is 2. The molecule has 84 valence electrons. The van der Waals surface area contributed by atoms with Crippen molar-refractivity contribution in [2.45, 2.75) is 12.2 Å². The van der Waals surface area contributed by atoms with Gasteiger partial charge in [-0.3, -0.25) is 0 Å². The molecule has 0 aliphatic heterocycles. The SMILES string of the molecule is C=CC1CC1(OC(=O)OC)OC(=O)OC. The van der Waals surface area contributed by atoms with Gasteiger partial charge in [0.05, 0.1) is 20.1 Å². The summed E-state index contributed by atoms with van der Waals surface area (Å²) in [6.07, 6.45) is 0.0681. The standard InChI is InChI=1S/C9H12O6/c1-4-6-5-9(6,14-7(10)12-2)15-8(11)13-3/h4,6H,1,5H2,2-3H3. The van der Waals surface area contributed by atoms with Gasteiger partial charge >= 0.3 is 12.3 Å². The molecule has 1 atom stereocenters. The van der Waals surface area contributed by atoms with Crippen molar-refractivity contribution in [2.24, 2.45) is 5.92 Å². The minimum absolute atomic E-state index is 0.226. The van der Waals surface area contributed by atoms with E-state index >= 15 is 0 Å². The fourth-order valence-corrected chi connectivity index (χ4v) is 1.13. The summed E-state index contributed by atoms with van der Waals surface area (Å²) >= 11 is 0. The van der Waals surface area contributed by atoms with Gasteiger partial charge in [0, 0.05) is 6.42 Å². The van der Waals surface area contributed by atoms with E-state index in [9.17, 15) is 9.59 Å². The van der Waals surface area contributed by atoms with E-state index in [0.29, 0.717) is 6.42 Å². The van der Waals surface area contributed by atoms with Gasteiger partial charge in [0.2, 0.25) is 0 Å². The zero-order valence-corrected chi connectivity index (χ0v) is 8.52. The molecule has 0 N–H and O–H groups in total. The number of carbonyl (C=O) groups excluding carboxylic acids is 2. The molecule has 0 aromatic rings. The molecule has 1 rings (SSSR count). The van der Waals surface area contributed by atoms with Crippen LogP contribution in [-0.2, 0) is 18.9 Å². The molecule has 15 heavy (non-hydrogen) atoms. The second kappa shape index (κ2) is 4.20. The highest BCUT2D eigenvalue weighted by atomic mass is 16.8. The summed E-state index contributed by atoms with van der Waals surface area (Å²) < 4.78 is 18.3. The van der Waals surface area contributed by atoms with Crippen LogP contribution < -0.4 is 0 Å². The smallest absolute Gasteiger partial charge is 0.438 e. The van der Waals surface area contributed by atoms with Crippen molar-refractivity contribution in [1.29, 1.82) is 0 Å². The van der Waals surface area contributed by atoms with Crippen LogP contribution in [0.2, 0.25) is 0 Å². The summed E-state index contributed by atoms with van der Waals surface area (Å²) in [5, 5.41) is 0. The Hall–Kier alpha value is -1.72. The van der Waals surface area contributed by atoms with Gasteiger partial charge < -0.3 is 18.9 Å². The maximum atomic E-state index is 10.9. The Balaban J connectivity index is 2.61. The molecule has 6 nitrogen and oxygen atoms in total. The Bertz CT molecular complexity index is 266. The maximum Gasteiger partial charge on any atom is 0.511 e. The van der Waals surface area contributed by atoms with E-state index in [1.54, 1.807) is 0 Å². The second-order valence-corrected chi connectivity index (χ2v) is 2.97. The van der Waals surface area contributed by atoms with E-state index < -0.39 is 18.1 Å². The highest BCUT2D eigenvalue weighted by Crippen LogP contribution is 2.49. The molecule has 1 saturated carbocycles. The summed E-state index contributed by atoms with van der Waals surface area (Å²) in [5.74, 6) is -1.53. The minimum Gasteiger partial charge on any atom is -0.438 e. The molecular weight excluding hydrogens is 204 g/mol. The third-order valence-electron chi connectivity index (χ3n) is 2.04. The molecule has 1 aliphatic rings. The predicted molar refractivity (Wildman–Crippen MR) is 48.0 cm³/mol. The maximum absolute atomic E-state index is 10.9. The normalized spacial score (nSPS) is 21.1. The summed E-state index contributed by atoms with van der Waals surface area (Å²) in [5.41, 5.74) is 0. The summed E-state index contributed by atoms with van der Waals surface area (Å²) in [4.78, 5) is 21.8. The van der Waals surface area contributed by atoms with Crippen molar-refractivity contribution < 1.29 is 28.5 Å². The van der Waals surface area contributed by atoms with Crippen LogP contribution in [-0.4, -0.2) is 32.3 Å². The predicted octanol–water partition coefficient (Wildman–Crippen LogP) is 1.45. The Morgan fingerprint density at radius 1 is 1.27 bits per heavy atom.